The van der Waals surface area contributed by atoms with Crippen LogP contribution in [-0.2, 0) is 9.53 Å². The third kappa shape index (κ3) is 5.09. The minimum Gasteiger partial charge on any atom is -0.495 e. The molecule has 4 aromatic rings. The molecule has 0 aliphatic carbocycles. The highest BCUT2D eigenvalue weighted by molar-refractivity contribution is 6.33. The van der Waals surface area contributed by atoms with Gasteiger partial charge in [-0.2, -0.15) is 20.1 Å². The average Bonchev–Trinajstić information content (AvgIpc) is 3.64. The Bertz CT molecular complexity index is 1740. The second-order valence-electron chi connectivity index (χ2n) is 9.80. The second-order valence-corrected chi connectivity index (χ2v) is 10.6. The van der Waals surface area contributed by atoms with Gasteiger partial charge in [0.05, 0.1) is 28.2 Å². The van der Waals surface area contributed by atoms with Crippen LogP contribution in [0.3, 0.4) is 0 Å². The number of piperazine rings is 1. The molecule has 1 amide bonds. The Morgan fingerprint density at radius 3 is 2.71 bits per heavy atom. The summed E-state index contributed by atoms with van der Waals surface area (Å²) in [5, 5.41) is 7.48. The van der Waals surface area contributed by atoms with E-state index in [2.05, 4.69) is 26.7 Å². The van der Waals surface area contributed by atoms with E-state index in [1.165, 1.54) is 18.3 Å². The van der Waals surface area contributed by atoms with Gasteiger partial charge in [-0.05, 0) is 12.1 Å². The quantitative estimate of drug-likeness (QED) is 0.240. The molecule has 218 valence electrons. The first-order chi connectivity index (χ1) is 20.2. The number of hydrogen-bond donors (Lipinski definition) is 1. The smallest absolute Gasteiger partial charge is 0.319 e. The van der Waals surface area contributed by atoms with Crippen molar-refractivity contribution in [1.82, 2.24) is 34.9 Å². The molecule has 2 aliphatic rings. The highest BCUT2D eigenvalue weighted by atomic mass is 35.5. The molecule has 3 aromatic heterocycles. The van der Waals surface area contributed by atoms with Crippen LogP contribution in [0.5, 0.6) is 17.6 Å². The summed E-state index contributed by atoms with van der Waals surface area (Å²) in [6.45, 7) is 5.71. The first-order valence-electron chi connectivity index (χ1n) is 12.9. The van der Waals surface area contributed by atoms with Crippen molar-refractivity contribution in [2.75, 3.05) is 51.8 Å². The van der Waals surface area contributed by atoms with Gasteiger partial charge in [0.1, 0.15) is 40.2 Å². The van der Waals surface area contributed by atoms with Crippen molar-refractivity contribution in [3.05, 3.63) is 58.9 Å². The second kappa shape index (κ2) is 11.1. The molecule has 2 aliphatic heterocycles. The molecule has 15 heteroatoms. The lowest BCUT2D eigenvalue weighted by molar-refractivity contribution is -0.126. The molecule has 42 heavy (non-hydrogen) atoms. The van der Waals surface area contributed by atoms with E-state index < -0.39 is 11.9 Å². The maximum Gasteiger partial charge on any atom is 0.319 e. The van der Waals surface area contributed by atoms with E-state index in [1.54, 1.807) is 17.2 Å². The van der Waals surface area contributed by atoms with Gasteiger partial charge < -0.3 is 28.9 Å². The molecule has 12 nitrogen and oxygen atoms in total. The first-order valence-corrected chi connectivity index (χ1v) is 13.7. The molecule has 0 saturated carbocycles. The standard InChI is InChI=1S/C27H25Cl2FN8O4/c1-4-21(39)37-5-7-38(8-6-37)25-14-9-20(28)32-26(42-24-15-11-31-35-17(15)10-16(30)22(24)29)23(14)33-27(34-25)41-19-13-40-12-18(19)36(2)3/h4,9-12,19H,1,5-8,13H2,2-3H3,(H,31,35)/t19-/m1/s1. The molecule has 0 radical (unpaired) electrons. The molecule has 0 bridgehead atoms. The third-order valence-electron chi connectivity index (χ3n) is 6.98. The van der Waals surface area contributed by atoms with Crippen LogP contribution in [0.4, 0.5) is 10.2 Å². The van der Waals surface area contributed by atoms with Crippen molar-refractivity contribution in [2.45, 2.75) is 6.10 Å². The van der Waals surface area contributed by atoms with Crippen LogP contribution in [0.2, 0.25) is 10.2 Å². The topological polar surface area (TPSA) is 122 Å². The summed E-state index contributed by atoms with van der Waals surface area (Å²) in [7, 11) is 3.76. The molecule has 6 rings (SSSR count). The number of likely N-dealkylation sites (N-methyl/N-ethyl adjacent to an activating group) is 1. The van der Waals surface area contributed by atoms with E-state index in [9.17, 15) is 9.18 Å². The Kier molecular flexibility index (Phi) is 7.37. The van der Waals surface area contributed by atoms with E-state index in [1.807, 2.05) is 23.9 Å². The molecule has 0 unspecified atom stereocenters. The van der Waals surface area contributed by atoms with Gasteiger partial charge in [-0.15, -0.1) is 0 Å². The number of aromatic nitrogens is 5. The van der Waals surface area contributed by atoms with E-state index in [-0.39, 0.29) is 45.8 Å². The molecule has 5 heterocycles. The van der Waals surface area contributed by atoms with Crippen molar-refractivity contribution in [3.8, 4) is 17.6 Å². The number of anilines is 1. The lowest BCUT2D eigenvalue weighted by Crippen LogP contribution is -2.48. The number of nitrogens with one attached hydrogen (secondary N) is 1. The number of carbonyl (C=O) groups excluding carboxylic acids is 1. The Hall–Kier alpha value is -4.36. The number of pyridine rings is 1. The average molecular weight is 615 g/mol. The fraction of sp³-hybridized carbons (Fsp3) is 0.296. The number of nitrogens with zero attached hydrogens (tertiary/aromatic N) is 7. The number of aromatic amines is 1. The van der Waals surface area contributed by atoms with Crippen LogP contribution < -0.4 is 14.4 Å². The maximum atomic E-state index is 14.7. The highest BCUT2D eigenvalue weighted by Crippen LogP contribution is 2.41. The van der Waals surface area contributed by atoms with E-state index in [4.69, 9.17) is 42.4 Å². The van der Waals surface area contributed by atoms with Gasteiger partial charge in [-0.25, -0.2) is 4.39 Å². The molecule has 0 spiro atoms. The molecule has 1 fully saturated rings. The fourth-order valence-electron chi connectivity index (χ4n) is 4.87. The number of hydrogen-bond acceptors (Lipinski definition) is 10. The van der Waals surface area contributed by atoms with Gasteiger partial charge in [0.2, 0.25) is 11.8 Å². The molecule has 1 N–H and O–H groups in total. The summed E-state index contributed by atoms with van der Waals surface area (Å²) in [6.07, 6.45) is 3.92. The van der Waals surface area contributed by atoms with Crippen LogP contribution in [-0.4, -0.2) is 93.8 Å². The summed E-state index contributed by atoms with van der Waals surface area (Å²) < 4.78 is 32.6. The monoisotopic (exact) mass is 614 g/mol. The van der Waals surface area contributed by atoms with Gasteiger partial charge in [0.15, 0.2) is 11.9 Å². The Morgan fingerprint density at radius 1 is 1.19 bits per heavy atom. The number of ether oxygens (including phenoxy) is 3. The van der Waals surface area contributed by atoms with Crippen LogP contribution in [0, 0.1) is 5.82 Å². The minimum absolute atomic E-state index is 0.00214. The summed E-state index contributed by atoms with van der Waals surface area (Å²) in [6, 6.07) is 2.89. The number of benzene rings is 1. The SMILES string of the molecule is C=CC(=O)N1CCN(c2nc(O[C@@H]3COC=C3N(C)C)nc3c(Oc4c(Cl)c(F)cc5[nH]ncc45)nc(Cl)cc23)CC1. The van der Waals surface area contributed by atoms with Crippen molar-refractivity contribution in [3.63, 3.8) is 0 Å². The highest BCUT2D eigenvalue weighted by Gasteiger charge is 2.29. The predicted octanol–water partition coefficient (Wildman–Crippen LogP) is 4.15. The zero-order valence-electron chi connectivity index (χ0n) is 22.6. The van der Waals surface area contributed by atoms with E-state index >= 15 is 0 Å². The molecule has 1 atom stereocenters. The van der Waals surface area contributed by atoms with Gasteiger partial charge >= 0.3 is 6.01 Å². The van der Waals surface area contributed by atoms with Crippen LogP contribution in [0.25, 0.3) is 21.8 Å². The van der Waals surface area contributed by atoms with Crippen molar-refractivity contribution in [1.29, 1.82) is 0 Å². The predicted molar refractivity (Wildman–Crippen MR) is 155 cm³/mol. The Morgan fingerprint density at radius 2 is 1.98 bits per heavy atom. The number of H-pyrrole nitrogens is 1. The van der Waals surface area contributed by atoms with Crippen molar-refractivity contribution >= 4 is 56.7 Å². The normalized spacial score (nSPS) is 16.9. The van der Waals surface area contributed by atoms with Crippen LogP contribution in [0.1, 0.15) is 0 Å². The summed E-state index contributed by atoms with van der Waals surface area (Å²) >= 11 is 12.8. The lowest BCUT2D eigenvalue weighted by Gasteiger charge is -2.35. The van der Waals surface area contributed by atoms with Gasteiger partial charge in [-0.1, -0.05) is 29.8 Å². The van der Waals surface area contributed by atoms with E-state index in [0.717, 1.165) is 5.70 Å². The zero-order chi connectivity index (χ0) is 29.5. The molecular formula is C27H25Cl2FN8O4. The fourth-order valence-corrected chi connectivity index (χ4v) is 5.25. The zero-order valence-corrected chi connectivity index (χ0v) is 24.1. The van der Waals surface area contributed by atoms with Crippen molar-refractivity contribution < 1.29 is 23.4 Å². The molecule has 1 saturated heterocycles. The third-order valence-corrected chi connectivity index (χ3v) is 7.53. The largest absolute Gasteiger partial charge is 0.495 e. The molecule has 1 aromatic carbocycles. The summed E-state index contributed by atoms with van der Waals surface area (Å²) in [5.74, 6) is -0.380. The number of carbonyl (C=O) groups is 1. The lowest BCUT2D eigenvalue weighted by atomic mass is 10.2. The number of fused-ring (bicyclic) bond motifs is 2. The number of amides is 1. The van der Waals surface area contributed by atoms with Crippen molar-refractivity contribution in [2.24, 2.45) is 0 Å². The number of rotatable bonds is 7. The van der Waals surface area contributed by atoms with Crippen LogP contribution in [0.15, 0.2) is 42.9 Å². The van der Waals surface area contributed by atoms with Crippen LogP contribution >= 0.6 is 23.2 Å². The Balaban J connectivity index is 1.47. The summed E-state index contributed by atoms with van der Waals surface area (Å²) in [5.41, 5.74) is 1.44. The minimum atomic E-state index is -0.703. The maximum absolute atomic E-state index is 14.7. The number of halogens is 3. The first kappa shape index (κ1) is 27.8. The van der Waals surface area contributed by atoms with Gasteiger partial charge in [0, 0.05) is 46.3 Å². The van der Waals surface area contributed by atoms with Gasteiger partial charge in [0.25, 0.3) is 0 Å². The Labute approximate surface area is 249 Å². The van der Waals surface area contributed by atoms with Gasteiger partial charge in [-0.3, -0.25) is 9.89 Å². The summed E-state index contributed by atoms with van der Waals surface area (Å²) in [4.78, 5) is 31.6. The van der Waals surface area contributed by atoms with E-state index in [0.29, 0.717) is 48.3 Å². The molecular weight excluding hydrogens is 590 g/mol.